The van der Waals surface area contributed by atoms with Gasteiger partial charge in [-0.25, -0.2) is 0 Å². The van der Waals surface area contributed by atoms with Gasteiger partial charge in [0, 0.05) is 13.1 Å². The van der Waals surface area contributed by atoms with E-state index in [0.29, 0.717) is 13.3 Å². The molecule has 0 heterocycles. The molecule has 0 bridgehead atoms. The first kappa shape index (κ1) is 13.9. The highest BCUT2D eigenvalue weighted by molar-refractivity contribution is 4.51. The Kier molecular flexibility index (Phi) is 9.35. The molecule has 0 aliphatic rings. The van der Waals surface area contributed by atoms with Crippen LogP contribution in [0.25, 0.3) is 0 Å². The smallest absolute Gasteiger partial charge is 0.0990 e. The molecule has 0 saturated carbocycles. The second-order valence-corrected chi connectivity index (χ2v) is 3.79. The van der Waals surface area contributed by atoms with Gasteiger partial charge in [0.2, 0.25) is 0 Å². The number of aliphatic hydroxyl groups excluding tert-OH is 1. The lowest BCUT2D eigenvalue weighted by Crippen LogP contribution is -2.28. The van der Waals surface area contributed by atoms with E-state index in [1.54, 1.807) is 6.92 Å². The minimum atomic E-state index is -0.249. The zero-order valence-corrected chi connectivity index (χ0v) is 9.83. The van der Waals surface area contributed by atoms with Crippen molar-refractivity contribution in [1.29, 1.82) is 0 Å². The Morgan fingerprint density at radius 3 is 2.21 bits per heavy atom. The van der Waals surface area contributed by atoms with Crippen LogP contribution in [0.5, 0.6) is 0 Å². The Bertz CT molecular complexity index is 112. The topological polar surface area (TPSA) is 32.7 Å². The minimum Gasteiger partial charge on any atom is -0.393 e. The van der Waals surface area contributed by atoms with Gasteiger partial charge in [-0.05, 0) is 26.2 Å². The van der Waals surface area contributed by atoms with Crippen molar-refractivity contribution in [3.05, 3.63) is 0 Å². The molecular formula is C11H25NO2. The van der Waals surface area contributed by atoms with Crippen LogP contribution in [-0.2, 0) is 4.74 Å². The average Bonchev–Trinajstić information content (AvgIpc) is 2.12. The van der Waals surface area contributed by atoms with Crippen molar-refractivity contribution in [2.45, 2.75) is 46.1 Å². The molecule has 14 heavy (non-hydrogen) atoms. The second kappa shape index (κ2) is 9.44. The van der Waals surface area contributed by atoms with E-state index in [1.807, 2.05) is 0 Å². The van der Waals surface area contributed by atoms with E-state index in [4.69, 9.17) is 9.84 Å². The summed E-state index contributed by atoms with van der Waals surface area (Å²) in [6.07, 6.45) is 2.81. The average molecular weight is 203 g/mol. The first-order valence-electron chi connectivity index (χ1n) is 5.68. The highest BCUT2D eigenvalue weighted by atomic mass is 16.5. The predicted octanol–water partition coefficient (Wildman–Crippen LogP) is 1.85. The van der Waals surface area contributed by atoms with Gasteiger partial charge in [0.05, 0.1) is 19.4 Å². The van der Waals surface area contributed by atoms with Crippen molar-refractivity contribution in [1.82, 2.24) is 4.90 Å². The van der Waals surface area contributed by atoms with Crippen molar-refractivity contribution in [2.24, 2.45) is 0 Å². The number of hydrogen-bond acceptors (Lipinski definition) is 3. The van der Waals surface area contributed by atoms with E-state index < -0.39 is 0 Å². The lowest BCUT2D eigenvalue weighted by molar-refractivity contribution is 0.0141. The van der Waals surface area contributed by atoms with E-state index in [9.17, 15) is 0 Å². The zero-order valence-electron chi connectivity index (χ0n) is 9.83. The number of rotatable bonds is 9. The highest BCUT2D eigenvalue weighted by Crippen LogP contribution is 1.96. The summed E-state index contributed by atoms with van der Waals surface area (Å²) < 4.78 is 5.48. The Morgan fingerprint density at radius 2 is 1.79 bits per heavy atom. The molecule has 1 unspecified atom stereocenters. The van der Waals surface area contributed by atoms with E-state index >= 15 is 0 Å². The van der Waals surface area contributed by atoms with Gasteiger partial charge in [-0.2, -0.15) is 0 Å². The van der Waals surface area contributed by atoms with E-state index in [1.165, 1.54) is 12.8 Å². The quantitative estimate of drug-likeness (QED) is 0.458. The number of nitrogens with zero attached hydrogens (tertiary/aromatic N) is 1. The Labute approximate surface area is 88.1 Å². The third kappa shape index (κ3) is 8.48. The van der Waals surface area contributed by atoms with Crippen LogP contribution in [0.15, 0.2) is 0 Å². The first-order chi connectivity index (χ1) is 6.70. The zero-order chi connectivity index (χ0) is 10.8. The molecule has 3 nitrogen and oxygen atoms in total. The molecule has 0 amide bonds. The molecule has 0 saturated heterocycles. The molecule has 0 fully saturated rings. The molecule has 1 N–H and O–H groups in total. The standard InChI is InChI=1S/C11H25NO2/c1-4-7-12(8-5-2)10-14-9-6-11(3)13/h11,13H,4-10H2,1-3H3. The van der Waals surface area contributed by atoms with Crippen LogP contribution in [0.2, 0.25) is 0 Å². The summed E-state index contributed by atoms with van der Waals surface area (Å²) in [6, 6.07) is 0. The van der Waals surface area contributed by atoms with Crippen molar-refractivity contribution in [3.8, 4) is 0 Å². The molecule has 0 aromatic carbocycles. The van der Waals surface area contributed by atoms with Gasteiger partial charge in [0.15, 0.2) is 0 Å². The van der Waals surface area contributed by atoms with Crippen LogP contribution in [0.4, 0.5) is 0 Å². The molecule has 0 spiro atoms. The first-order valence-corrected chi connectivity index (χ1v) is 5.68. The largest absolute Gasteiger partial charge is 0.393 e. The summed E-state index contributed by atoms with van der Waals surface area (Å²) in [5.41, 5.74) is 0. The van der Waals surface area contributed by atoms with Gasteiger partial charge >= 0.3 is 0 Å². The Morgan fingerprint density at radius 1 is 1.21 bits per heavy atom. The van der Waals surface area contributed by atoms with Gasteiger partial charge < -0.3 is 9.84 Å². The minimum absolute atomic E-state index is 0.249. The van der Waals surface area contributed by atoms with Gasteiger partial charge in [-0.1, -0.05) is 13.8 Å². The molecule has 3 heteroatoms. The number of hydrogen-bond donors (Lipinski definition) is 1. The monoisotopic (exact) mass is 203 g/mol. The molecule has 0 radical (unpaired) electrons. The lowest BCUT2D eigenvalue weighted by Gasteiger charge is -2.20. The van der Waals surface area contributed by atoms with E-state index in [0.717, 1.165) is 19.5 Å². The van der Waals surface area contributed by atoms with Crippen molar-refractivity contribution in [2.75, 3.05) is 26.4 Å². The maximum absolute atomic E-state index is 9.03. The highest BCUT2D eigenvalue weighted by Gasteiger charge is 2.02. The molecule has 0 rings (SSSR count). The van der Waals surface area contributed by atoms with Crippen LogP contribution in [0.1, 0.15) is 40.0 Å². The normalized spacial score (nSPS) is 13.5. The fourth-order valence-corrected chi connectivity index (χ4v) is 1.32. The molecule has 0 aromatic heterocycles. The lowest BCUT2D eigenvalue weighted by atomic mass is 10.3. The molecule has 86 valence electrons. The fourth-order valence-electron chi connectivity index (χ4n) is 1.32. The maximum Gasteiger partial charge on any atom is 0.0990 e. The van der Waals surface area contributed by atoms with Gasteiger partial charge in [-0.3, -0.25) is 4.90 Å². The molecule has 0 aliphatic carbocycles. The Hall–Kier alpha value is -0.120. The third-order valence-electron chi connectivity index (χ3n) is 2.03. The molecule has 1 atom stereocenters. The van der Waals surface area contributed by atoms with Crippen LogP contribution in [0, 0.1) is 0 Å². The summed E-state index contributed by atoms with van der Waals surface area (Å²) >= 11 is 0. The van der Waals surface area contributed by atoms with Crippen LogP contribution in [-0.4, -0.2) is 42.5 Å². The Balaban J connectivity index is 3.40. The van der Waals surface area contributed by atoms with E-state index in [2.05, 4.69) is 18.7 Å². The van der Waals surface area contributed by atoms with E-state index in [-0.39, 0.29) is 6.10 Å². The number of ether oxygens (including phenoxy) is 1. The summed E-state index contributed by atoms with van der Waals surface area (Å²) in [4.78, 5) is 2.31. The summed E-state index contributed by atoms with van der Waals surface area (Å²) in [5, 5.41) is 9.03. The summed E-state index contributed by atoms with van der Waals surface area (Å²) in [7, 11) is 0. The number of aliphatic hydroxyl groups is 1. The summed E-state index contributed by atoms with van der Waals surface area (Å²) in [6.45, 7) is 9.71. The van der Waals surface area contributed by atoms with Crippen LogP contribution >= 0.6 is 0 Å². The molecular weight excluding hydrogens is 178 g/mol. The van der Waals surface area contributed by atoms with Gasteiger partial charge in [0.25, 0.3) is 0 Å². The van der Waals surface area contributed by atoms with Crippen molar-refractivity contribution in [3.63, 3.8) is 0 Å². The third-order valence-corrected chi connectivity index (χ3v) is 2.03. The fraction of sp³-hybridized carbons (Fsp3) is 1.00. The SMILES string of the molecule is CCCN(CCC)COCCC(C)O. The van der Waals surface area contributed by atoms with Crippen LogP contribution < -0.4 is 0 Å². The van der Waals surface area contributed by atoms with Crippen molar-refractivity contribution < 1.29 is 9.84 Å². The predicted molar refractivity (Wildman–Crippen MR) is 59.3 cm³/mol. The van der Waals surface area contributed by atoms with Gasteiger partial charge in [0.1, 0.15) is 0 Å². The molecule has 0 aliphatic heterocycles. The second-order valence-electron chi connectivity index (χ2n) is 3.79. The maximum atomic E-state index is 9.03. The van der Waals surface area contributed by atoms with Crippen LogP contribution in [0.3, 0.4) is 0 Å². The summed E-state index contributed by atoms with van der Waals surface area (Å²) in [5.74, 6) is 0. The molecule has 0 aromatic rings. The van der Waals surface area contributed by atoms with Crippen molar-refractivity contribution >= 4 is 0 Å². The van der Waals surface area contributed by atoms with Gasteiger partial charge in [-0.15, -0.1) is 0 Å².